The van der Waals surface area contributed by atoms with Gasteiger partial charge in [0.15, 0.2) is 0 Å². The third-order valence-corrected chi connectivity index (χ3v) is 5.27. The van der Waals surface area contributed by atoms with Crippen LogP contribution in [0.2, 0.25) is 0 Å². The van der Waals surface area contributed by atoms with Crippen molar-refractivity contribution in [3.63, 3.8) is 0 Å². The first-order valence-corrected chi connectivity index (χ1v) is 7.80. The Kier molecular flexibility index (Phi) is 3.48. The quantitative estimate of drug-likeness (QED) is 0.732. The van der Waals surface area contributed by atoms with Gasteiger partial charge < -0.3 is 20.1 Å². The van der Waals surface area contributed by atoms with Crippen LogP contribution >= 0.6 is 0 Å². The van der Waals surface area contributed by atoms with Crippen molar-refractivity contribution in [2.24, 2.45) is 5.41 Å². The molecule has 0 unspecified atom stereocenters. The van der Waals surface area contributed by atoms with Gasteiger partial charge in [-0.15, -0.1) is 0 Å². The van der Waals surface area contributed by atoms with E-state index in [0.29, 0.717) is 26.0 Å². The molecule has 1 spiro atoms. The molecule has 3 saturated heterocycles. The van der Waals surface area contributed by atoms with Crippen molar-refractivity contribution in [2.45, 2.75) is 50.7 Å². The minimum Gasteiger partial charge on any atom is -0.465 e. The summed E-state index contributed by atoms with van der Waals surface area (Å²) in [4.78, 5) is 23.7. The Morgan fingerprint density at radius 3 is 2.52 bits per heavy atom. The zero-order valence-corrected chi connectivity index (χ0v) is 12.8. The predicted molar refractivity (Wildman–Crippen MR) is 75.6 cm³/mol. The summed E-state index contributed by atoms with van der Waals surface area (Å²) in [5.41, 5.74) is -1.30. The average Bonchev–Trinajstić information content (AvgIpc) is 2.82. The number of carbonyl (C=O) groups is 2. The molecule has 118 valence electrons. The second-order valence-electron chi connectivity index (χ2n) is 6.60. The third-order valence-electron chi connectivity index (χ3n) is 5.27. The number of rotatable bonds is 4. The normalized spacial score (nSPS) is 36.1. The number of ether oxygens (including phenoxy) is 2. The van der Waals surface area contributed by atoms with Gasteiger partial charge in [0.05, 0.1) is 17.8 Å². The van der Waals surface area contributed by atoms with Gasteiger partial charge in [-0.2, -0.15) is 0 Å². The first kappa shape index (κ1) is 14.8. The van der Waals surface area contributed by atoms with Crippen LogP contribution in [0.1, 0.15) is 39.5 Å². The standard InChI is InChI=1S/C15H24N2O4/c1-3-20-12(19)14-8-13(9-14,10-17-11(2)18)21-15(14)4-6-16-7-5-15/h16H,3-10H2,1-2H3,(H,17,18). The molecule has 6 nitrogen and oxygen atoms in total. The van der Waals surface area contributed by atoms with E-state index in [1.807, 2.05) is 6.92 Å². The number of hydrogen-bond acceptors (Lipinski definition) is 5. The molecule has 0 aromatic heterocycles. The lowest BCUT2D eigenvalue weighted by atomic mass is 9.54. The molecule has 0 radical (unpaired) electrons. The molecule has 2 bridgehead atoms. The molecule has 0 aromatic rings. The average molecular weight is 296 g/mol. The maximum atomic E-state index is 12.5. The van der Waals surface area contributed by atoms with E-state index in [4.69, 9.17) is 9.47 Å². The molecule has 0 atom stereocenters. The van der Waals surface area contributed by atoms with Crippen molar-refractivity contribution in [3.8, 4) is 0 Å². The Morgan fingerprint density at radius 2 is 1.95 bits per heavy atom. The molecule has 0 aromatic carbocycles. The highest BCUT2D eigenvalue weighted by Crippen LogP contribution is 2.69. The van der Waals surface area contributed by atoms with E-state index in [9.17, 15) is 9.59 Å². The molecule has 1 saturated carbocycles. The van der Waals surface area contributed by atoms with Crippen molar-refractivity contribution in [2.75, 3.05) is 26.2 Å². The Bertz CT molecular complexity index is 451. The summed E-state index contributed by atoms with van der Waals surface area (Å²) in [6, 6.07) is 0. The zero-order chi connectivity index (χ0) is 15.1. The molecule has 4 aliphatic rings. The van der Waals surface area contributed by atoms with Crippen molar-refractivity contribution in [1.82, 2.24) is 10.6 Å². The molecule has 4 fully saturated rings. The van der Waals surface area contributed by atoms with Gasteiger partial charge in [0.2, 0.25) is 5.91 Å². The van der Waals surface area contributed by atoms with Crippen LogP contribution in [0.4, 0.5) is 0 Å². The topological polar surface area (TPSA) is 76.7 Å². The Morgan fingerprint density at radius 1 is 1.29 bits per heavy atom. The van der Waals surface area contributed by atoms with Crippen LogP contribution in [0.25, 0.3) is 0 Å². The highest BCUT2D eigenvalue weighted by molar-refractivity contribution is 5.82. The molecule has 3 heterocycles. The fraction of sp³-hybridized carbons (Fsp3) is 0.867. The van der Waals surface area contributed by atoms with Crippen LogP contribution in [0, 0.1) is 5.41 Å². The van der Waals surface area contributed by atoms with Crippen molar-refractivity contribution in [3.05, 3.63) is 0 Å². The molecule has 6 heteroatoms. The second kappa shape index (κ2) is 4.95. The second-order valence-corrected chi connectivity index (χ2v) is 6.60. The van der Waals surface area contributed by atoms with E-state index in [0.717, 1.165) is 25.9 Å². The maximum Gasteiger partial charge on any atom is 0.315 e. The van der Waals surface area contributed by atoms with Crippen molar-refractivity contribution < 1.29 is 19.1 Å². The summed E-state index contributed by atoms with van der Waals surface area (Å²) in [5.74, 6) is -0.185. The number of carbonyl (C=O) groups excluding carboxylic acids is 2. The molecule has 2 N–H and O–H groups in total. The van der Waals surface area contributed by atoms with Crippen molar-refractivity contribution in [1.29, 1.82) is 0 Å². The number of esters is 1. The smallest absolute Gasteiger partial charge is 0.315 e. The van der Waals surface area contributed by atoms with E-state index in [1.165, 1.54) is 6.92 Å². The SMILES string of the molecule is CCOC(=O)C12CC(CNC(C)=O)(C1)OC21CCNCC1. The largest absolute Gasteiger partial charge is 0.465 e. The lowest BCUT2D eigenvalue weighted by Gasteiger charge is -2.47. The maximum absolute atomic E-state index is 12.5. The summed E-state index contributed by atoms with van der Waals surface area (Å²) in [6.07, 6.45) is 2.99. The van der Waals surface area contributed by atoms with Gasteiger partial charge in [0.25, 0.3) is 0 Å². The Hall–Kier alpha value is -1.14. The van der Waals surface area contributed by atoms with Gasteiger partial charge >= 0.3 is 5.97 Å². The lowest BCUT2D eigenvalue weighted by molar-refractivity contribution is -0.166. The highest BCUT2D eigenvalue weighted by Gasteiger charge is 2.78. The summed E-state index contributed by atoms with van der Waals surface area (Å²) >= 11 is 0. The van der Waals surface area contributed by atoms with Crippen LogP contribution in [0.3, 0.4) is 0 Å². The molecular weight excluding hydrogens is 272 g/mol. The summed E-state index contributed by atoms with van der Waals surface area (Å²) in [5, 5.41) is 6.17. The van der Waals surface area contributed by atoms with Gasteiger partial charge in [0, 0.05) is 13.5 Å². The predicted octanol–water partition coefficient (Wildman–Crippen LogP) is 0.357. The lowest BCUT2D eigenvalue weighted by Crippen LogP contribution is -2.59. The molecule has 21 heavy (non-hydrogen) atoms. The van der Waals surface area contributed by atoms with E-state index in [2.05, 4.69) is 10.6 Å². The molecule has 1 aliphatic carbocycles. The van der Waals surface area contributed by atoms with Gasteiger partial charge in [-0.05, 0) is 45.7 Å². The van der Waals surface area contributed by atoms with E-state index in [-0.39, 0.29) is 17.5 Å². The summed E-state index contributed by atoms with van der Waals surface area (Å²) in [6.45, 7) is 5.94. The molecular formula is C15H24N2O4. The van der Waals surface area contributed by atoms with Gasteiger partial charge in [-0.25, -0.2) is 0 Å². The number of amides is 1. The van der Waals surface area contributed by atoms with Crippen LogP contribution in [-0.4, -0.2) is 49.3 Å². The van der Waals surface area contributed by atoms with E-state index >= 15 is 0 Å². The van der Waals surface area contributed by atoms with Crippen molar-refractivity contribution >= 4 is 11.9 Å². The number of piperidine rings is 1. The third kappa shape index (κ3) is 2.07. The minimum absolute atomic E-state index is 0.0622. The first-order valence-electron chi connectivity index (χ1n) is 7.80. The zero-order valence-electron chi connectivity index (χ0n) is 12.8. The number of hydrogen-bond donors (Lipinski definition) is 2. The molecule has 3 aliphatic heterocycles. The number of nitrogens with one attached hydrogen (secondary N) is 2. The van der Waals surface area contributed by atoms with Crippen LogP contribution in [0.5, 0.6) is 0 Å². The van der Waals surface area contributed by atoms with E-state index < -0.39 is 11.0 Å². The Labute approximate surface area is 124 Å². The Balaban J connectivity index is 1.82. The van der Waals surface area contributed by atoms with E-state index in [1.54, 1.807) is 0 Å². The monoisotopic (exact) mass is 296 g/mol. The molecule has 4 rings (SSSR count). The van der Waals surface area contributed by atoms with Crippen LogP contribution in [-0.2, 0) is 19.1 Å². The van der Waals surface area contributed by atoms with Gasteiger partial charge in [0.1, 0.15) is 5.41 Å². The summed E-state index contributed by atoms with van der Waals surface area (Å²) in [7, 11) is 0. The first-order chi connectivity index (χ1) is 9.98. The highest BCUT2D eigenvalue weighted by atomic mass is 16.6. The summed E-state index contributed by atoms with van der Waals surface area (Å²) < 4.78 is 11.8. The van der Waals surface area contributed by atoms with Crippen LogP contribution < -0.4 is 10.6 Å². The fourth-order valence-electron chi connectivity index (χ4n) is 4.41. The van der Waals surface area contributed by atoms with Gasteiger partial charge in [-0.1, -0.05) is 0 Å². The molecule has 1 amide bonds. The minimum atomic E-state index is -0.510. The van der Waals surface area contributed by atoms with Gasteiger partial charge in [-0.3, -0.25) is 9.59 Å². The van der Waals surface area contributed by atoms with Crippen LogP contribution in [0.15, 0.2) is 0 Å². The fourth-order valence-corrected chi connectivity index (χ4v) is 4.41.